The van der Waals surface area contributed by atoms with E-state index in [1.807, 2.05) is 19.1 Å². The molecule has 0 radical (unpaired) electrons. The molecule has 0 bridgehead atoms. The zero-order chi connectivity index (χ0) is 18.4. The molecular weight excluding hydrogens is 405 g/mol. The molecule has 1 aliphatic heterocycles. The Morgan fingerprint density at radius 1 is 1.15 bits per heavy atom. The zero-order valence-corrected chi connectivity index (χ0v) is 15.8. The number of hydrogen-bond donors (Lipinski definition) is 5. The van der Waals surface area contributed by atoms with Crippen molar-refractivity contribution in [3.8, 4) is 11.5 Å². The molecule has 0 aromatic heterocycles. The monoisotopic (exact) mass is 425 g/mol. The fourth-order valence-corrected chi connectivity index (χ4v) is 3.07. The van der Waals surface area contributed by atoms with E-state index < -0.39 is 0 Å². The van der Waals surface area contributed by atoms with Crippen molar-refractivity contribution in [3.05, 3.63) is 57.8 Å². The standard InChI is InChI=1S/C17H21BrFN5O2/c1-2-25-15-8-11(9-20-17-21-23-24-22-17)7-13(18)16(15)26-10-12-5-3-4-6-14(12)19/h3-8,17,20-24H,2,9-10H2,1H3. The maximum atomic E-state index is 13.8. The van der Waals surface area contributed by atoms with E-state index in [1.165, 1.54) is 6.07 Å². The summed E-state index contributed by atoms with van der Waals surface area (Å²) in [6, 6.07) is 10.4. The fraction of sp³-hybridized carbons (Fsp3) is 0.294. The normalized spacial score (nSPS) is 14.6. The molecule has 1 heterocycles. The number of benzene rings is 2. The van der Waals surface area contributed by atoms with Crippen LogP contribution in [0, 0.1) is 5.82 Å². The topological polar surface area (TPSA) is 78.6 Å². The lowest BCUT2D eigenvalue weighted by Gasteiger charge is -2.17. The molecule has 7 nitrogen and oxygen atoms in total. The molecule has 0 amide bonds. The smallest absolute Gasteiger partial charge is 0.175 e. The number of hydrazine groups is 3. The molecule has 1 saturated heterocycles. The Morgan fingerprint density at radius 3 is 2.65 bits per heavy atom. The second kappa shape index (κ2) is 9.26. The van der Waals surface area contributed by atoms with Crippen LogP contribution in [-0.2, 0) is 13.2 Å². The maximum absolute atomic E-state index is 13.8. The highest BCUT2D eigenvalue weighted by Gasteiger charge is 2.15. The van der Waals surface area contributed by atoms with Crippen LogP contribution in [0.5, 0.6) is 11.5 Å². The van der Waals surface area contributed by atoms with Crippen LogP contribution >= 0.6 is 15.9 Å². The van der Waals surface area contributed by atoms with Crippen molar-refractivity contribution in [3.63, 3.8) is 0 Å². The van der Waals surface area contributed by atoms with Gasteiger partial charge in [0.15, 0.2) is 11.5 Å². The van der Waals surface area contributed by atoms with E-state index in [0.29, 0.717) is 30.2 Å². The Morgan fingerprint density at radius 2 is 1.92 bits per heavy atom. The van der Waals surface area contributed by atoms with Crippen LogP contribution in [0.3, 0.4) is 0 Å². The highest BCUT2D eigenvalue weighted by atomic mass is 79.9. The van der Waals surface area contributed by atoms with Gasteiger partial charge in [-0.25, -0.2) is 15.2 Å². The number of rotatable bonds is 8. The SMILES string of the molecule is CCOc1cc(CNC2NNNN2)cc(Br)c1OCc1ccccc1F. The molecule has 26 heavy (non-hydrogen) atoms. The lowest BCUT2D eigenvalue weighted by molar-refractivity contribution is 0.264. The number of nitrogens with one attached hydrogen (secondary N) is 5. The first-order valence-electron chi connectivity index (χ1n) is 8.23. The number of halogens is 2. The predicted octanol–water partition coefficient (Wildman–Crippen LogP) is 2.06. The molecule has 1 aliphatic rings. The molecule has 0 spiro atoms. The van der Waals surface area contributed by atoms with Crippen LogP contribution in [0.4, 0.5) is 4.39 Å². The minimum absolute atomic E-state index is 0.110. The second-order valence-corrected chi connectivity index (χ2v) is 6.42. The van der Waals surface area contributed by atoms with Crippen LogP contribution in [0.25, 0.3) is 0 Å². The summed E-state index contributed by atoms with van der Waals surface area (Å²) in [5, 5.41) is 3.27. The second-order valence-electron chi connectivity index (χ2n) is 5.57. The Hall–Kier alpha value is -1.75. The molecule has 2 aromatic rings. The van der Waals surface area contributed by atoms with Crippen LogP contribution in [0.15, 0.2) is 40.9 Å². The summed E-state index contributed by atoms with van der Waals surface area (Å²) in [5.41, 5.74) is 12.9. The van der Waals surface area contributed by atoms with Gasteiger partial charge in [0.05, 0.1) is 11.1 Å². The Kier molecular flexibility index (Phi) is 6.78. The largest absolute Gasteiger partial charge is 0.490 e. The summed E-state index contributed by atoms with van der Waals surface area (Å²) in [6.07, 6.45) is -0.110. The predicted molar refractivity (Wildman–Crippen MR) is 99.2 cm³/mol. The van der Waals surface area contributed by atoms with Gasteiger partial charge < -0.3 is 9.47 Å². The molecule has 9 heteroatoms. The molecular formula is C17H21BrFN5O2. The molecule has 140 valence electrons. The van der Waals surface area contributed by atoms with Crippen molar-refractivity contribution in [2.75, 3.05) is 6.61 Å². The number of hydrogen-bond acceptors (Lipinski definition) is 7. The van der Waals surface area contributed by atoms with Crippen molar-refractivity contribution in [2.24, 2.45) is 0 Å². The van der Waals surface area contributed by atoms with Gasteiger partial charge in [0.1, 0.15) is 18.7 Å². The first kappa shape index (κ1) is 19.0. The molecule has 5 N–H and O–H groups in total. The molecule has 0 unspecified atom stereocenters. The van der Waals surface area contributed by atoms with E-state index in [2.05, 4.69) is 43.2 Å². The molecule has 0 aliphatic carbocycles. The van der Waals surface area contributed by atoms with Crippen LogP contribution in [-0.4, -0.2) is 12.9 Å². The minimum atomic E-state index is -0.291. The Balaban J connectivity index is 1.72. The van der Waals surface area contributed by atoms with Crippen molar-refractivity contribution in [2.45, 2.75) is 26.4 Å². The summed E-state index contributed by atoms with van der Waals surface area (Å²) in [5.74, 6) is 0.874. The summed E-state index contributed by atoms with van der Waals surface area (Å²) in [7, 11) is 0. The first-order chi connectivity index (χ1) is 12.7. The van der Waals surface area contributed by atoms with Gasteiger partial charge in [-0.2, -0.15) is 11.1 Å². The van der Waals surface area contributed by atoms with Crippen molar-refractivity contribution >= 4 is 15.9 Å². The van der Waals surface area contributed by atoms with Gasteiger partial charge in [0.2, 0.25) is 0 Å². The average Bonchev–Trinajstić information content (AvgIpc) is 3.14. The quantitative estimate of drug-likeness (QED) is 0.442. The van der Waals surface area contributed by atoms with Gasteiger partial charge in [0, 0.05) is 12.1 Å². The van der Waals surface area contributed by atoms with E-state index >= 15 is 0 Å². The summed E-state index contributed by atoms with van der Waals surface area (Å²) in [6.45, 7) is 3.12. The summed E-state index contributed by atoms with van der Waals surface area (Å²) >= 11 is 3.53. The molecule has 3 rings (SSSR count). The van der Waals surface area contributed by atoms with Crippen molar-refractivity contribution in [1.29, 1.82) is 0 Å². The zero-order valence-electron chi connectivity index (χ0n) is 14.2. The fourth-order valence-electron chi connectivity index (χ4n) is 2.47. The Bertz CT molecular complexity index is 743. The molecule has 1 fully saturated rings. The van der Waals surface area contributed by atoms with Gasteiger partial charge in [-0.05, 0) is 46.6 Å². The molecule has 0 saturated carbocycles. The lowest BCUT2D eigenvalue weighted by atomic mass is 10.2. The van der Waals surface area contributed by atoms with Gasteiger partial charge in [0.25, 0.3) is 0 Å². The van der Waals surface area contributed by atoms with E-state index in [1.54, 1.807) is 18.2 Å². The minimum Gasteiger partial charge on any atom is -0.490 e. The number of ether oxygens (including phenoxy) is 2. The van der Waals surface area contributed by atoms with E-state index in [-0.39, 0.29) is 18.7 Å². The van der Waals surface area contributed by atoms with Crippen LogP contribution in [0.1, 0.15) is 18.1 Å². The van der Waals surface area contributed by atoms with E-state index in [4.69, 9.17) is 9.47 Å². The Labute approximate surface area is 159 Å². The summed E-state index contributed by atoms with van der Waals surface area (Å²) < 4.78 is 26.1. The van der Waals surface area contributed by atoms with E-state index in [0.717, 1.165) is 10.0 Å². The summed E-state index contributed by atoms with van der Waals surface area (Å²) in [4.78, 5) is 0. The van der Waals surface area contributed by atoms with Gasteiger partial charge in [-0.15, -0.1) is 0 Å². The molecule has 2 aromatic carbocycles. The van der Waals surface area contributed by atoms with Crippen molar-refractivity contribution in [1.82, 2.24) is 27.2 Å². The van der Waals surface area contributed by atoms with Crippen LogP contribution in [0.2, 0.25) is 0 Å². The third kappa shape index (κ3) is 4.91. The molecule has 0 atom stereocenters. The first-order valence-corrected chi connectivity index (χ1v) is 9.02. The van der Waals surface area contributed by atoms with Gasteiger partial charge in [-0.3, -0.25) is 5.32 Å². The van der Waals surface area contributed by atoms with Gasteiger partial charge >= 0.3 is 0 Å². The van der Waals surface area contributed by atoms with Crippen molar-refractivity contribution < 1.29 is 13.9 Å². The maximum Gasteiger partial charge on any atom is 0.175 e. The van der Waals surface area contributed by atoms with Gasteiger partial charge in [-0.1, -0.05) is 18.2 Å². The van der Waals surface area contributed by atoms with E-state index in [9.17, 15) is 4.39 Å². The van der Waals surface area contributed by atoms with Crippen LogP contribution < -0.4 is 36.7 Å². The lowest BCUT2D eigenvalue weighted by Crippen LogP contribution is -2.46. The highest BCUT2D eigenvalue weighted by Crippen LogP contribution is 2.37. The highest BCUT2D eigenvalue weighted by molar-refractivity contribution is 9.10. The third-order valence-electron chi connectivity index (χ3n) is 3.70. The average molecular weight is 426 g/mol. The third-order valence-corrected chi connectivity index (χ3v) is 4.29.